The summed E-state index contributed by atoms with van der Waals surface area (Å²) in [6.45, 7) is 2.49. The van der Waals surface area contributed by atoms with Crippen LogP contribution in [0.1, 0.15) is 24.8 Å². The number of methoxy groups -OCH3 is 1. The Morgan fingerprint density at radius 3 is 2.52 bits per heavy atom. The number of rotatable bonds is 3. The number of ether oxygens (including phenoxy) is 1. The highest BCUT2D eigenvalue weighted by Gasteiger charge is 2.50. The first-order valence-electron chi connectivity index (χ1n) is 8.07. The zero-order valence-electron chi connectivity index (χ0n) is 13.5. The van der Waals surface area contributed by atoms with Gasteiger partial charge in [0.25, 0.3) is 0 Å². The van der Waals surface area contributed by atoms with Crippen LogP contribution in [0, 0.1) is 24.7 Å². The lowest BCUT2D eigenvalue weighted by Gasteiger charge is -2.33. The average molecular weight is 337 g/mol. The summed E-state index contributed by atoms with van der Waals surface area (Å²) >= 11 is 0. The van der Waals surface area contributed by atoms with E-state index in [1.165, 1.54) is 7.11 Å². The van der Waals surface area contributed by atoms with E-state index in [1.54, 1.807) is 12.1 Å². The number of hydrogen-bond acceptors (Lipinski definition) is 5. The lowest BCUT2D eigenvalue weighted by Crippen LogP contribution is -2.39. The molecular weight excluding hydrogens is 314 g/mol. The zero-order chi connectivity index (χ0) is 16.6. The van der Waals surface area contributed by atoms with Gasteiger partial charge in [-0.15, -0.1) is 0 Å². The number of carbonyl (C=O) groups is 1. The van der Waals surface area contributed by atoms with Crippen molar-refractivity contribution >= 4 is 15.8 Å². The highest BCUT2D eigenvalue weighted by Crippen LogP contribution is 2.43. The molecular formula is C17H23NO4S. The Bertz CT molecular complexity index is 683. The van der Waals surface area contributed by atoms with E-state index in [-0.39, 0.29) is 23.7 Å². The van der Waals surface area contributed by atoms with Crippen LogP contribution in [0.15, 0.2) is 29.2 Å². The molecule has 0 radical (unpaired) electrons. The van der Waals surface area contributed by atoms with Gasteiger partial charge >= 0.3 is 5.97 Å². The highest BCUT2D eigenvalue weighted by molar-refractivity contribution is 7.92. The summed E-state index contributed by atoms with van der Waals surface area (Å²) in [5.41, 5.74) is 1.03. The van der Waals surface area contributed by atoms with Crippen molar-refractivity contribution < 1.29 is 17.9 Å². The van der Waals surface area contributed by atoms with Crippen LogP contribution in [0.5, 0.6) is 0 Å². The summed E-state index contributed by atoms with van der Waals surface area (Å²) in [7, 11) is -2.05. The minimum atomic E-state index is -3.44. The number of hydrogen-bond donors (Lipinski definition) is 1. The topological polar surface area (TPSA) is 72.5 Å². The Kier molecular flexibility index (Phi) is 4.47. The molecule has 0 amide bonds. The number of sulfone groups is 1. The van der Waals surface area contributed by atoms with Gasteiger partial charge in [-0.2, -0.15) is 0 Å². The van der Waals surface area contributed by atoms with Crippen molar-refractivity contribution in [2.45, 2.75) is 36.5 Å². The molecule has 1 heterocycles. The molecule has 1 saturated heterocycles. The van der Waals surface area contributed by atoms with Crippen molar-refractivity contribution in [3.63, 3.8) is 0 Å². The minimum absolute atomic E-state index is 0.0286. The largest absolute Gasteiger partial charge is 0.469 e. The first-order chi connectivity index (χ1) is 10.9. The fourth-order valence-electron chi connectivity index (χ4n) is 4.03. The summed E-state index contributed by atoms with van der Waals surface area (Å²) in [4.78, 5) is 12.3. The molecule has 1 N–H and O–H groups in total. The Morgan fingerprint density at radius 2 is 1.87 bits per heavy atom. The quantitative estimate of drug-likeness (QED) is 0.853. The maximum absolute atomic E-state index is 13.0. The molecule has 1 aliphatic carbocycles. The predicted molar refractivity (Wildman–Crippen MR) is 86.5 cm³/mol. The van der Waals surface area contributed by atoms with Crippen molar-refractivity contribution in [3.05, 3.63) is 29.8 Å². The van der Waals surface area contributed by atoms with Crippen LogP contribution in [0.4, 0.5) is 0 Å². The van der Waals surface area contributed by atoms with Crippen LogP contribution in [-0.4, -0.2) is 33.4 Å². The standard InChI is InChI=1S/C17H23NO4S/c1-11-6-8-12(9-7-11)23(20,21)16-13-4-3-5-14(17(19)22-2)15(13)10-18-16/h6-9,13-16,18H,3-5,10H2,1-2H3/t13-,14+,15+,16?/m1/s1. The second-order valence-corrected chi connectivity index (χ2v) is 8.64. The van der Waals surface area contributed by atoms with E-state index in [0.717, 1.165) is 24.8 Å². The highest BCUT2D eigenvalue weighted by atomic mass is 32.2. The van der Waals surface area contributed by atoms with Crippen molar-refractivity contribution in [1.82, 2.24) is 5.32 Å². The Hall–Kier alpha value is -1.40. The van der Waals surface area contributed by atoms with Gasteiger partial charge in [0.2, 0.25) is 0 Å². The van der Waals surface area contributed by atoms with Crippen LogP contribution >= 0.6 is 0 Å². The number of esters is 1. The fraction of sp³-hybridized carbons (Fsp3) is 0.588. The van der Waals surface area contributed by atoms with Crippen molar-refractivity contribution in [1.29, 1.82) is 0 Å². The summed E-state index contributed by atoms with van der Waals surface area (Å²) in [5.74, 6) is -0.389. The van der Waals surface area contributed by atoms with E-state index in [2.05, 4.69) is 5.32 Å². The molecule has 0 aromatic heterocycles. The summed E-state index contributed by atoms with van der Waals surface area (Å²) in [6, 6.07) is 6.97. The van der Waals surface area contributed by atoms with E-state index in [9.17, 15) is 13.2 Å². The maximum Gasteiger partial charge on any atom is 0.308 e. The molecule has 2 fully saturated rings. The third kappa shape index (κ3) is 2.90. The SMILES string of the molecule is COC(=O)[C@H]1CCC[C@H]2C(S(=O)(=O)c3ccc(C)cc3)NC[C@H]12. The Balaban J connectivity index is 1.87. The molecule has 1 unspecified atom stereocenters. The smallest absolute Gasteiger partial charge is 0.308 e. The molecule has 2 aliphatic rings. The van der Waals surface area contributed by atoms with Gasteiger partial charge in [-0.3, -0.25) is 4.79 Å². The Labute approximate surface area is 137 Å². The average Bonchev–Trinajstić information content (AvgIpc) is 2.99. The first kappa shape index (κ1) is 16.5. The summed E-state index contributed by atoms with van der Waals surface area (Å²) < 4.78 is 30.8. The van der Waals surface area contributed by atoms with E-state index in [0.29, 0.717) is 11.4 Å². The number of fused-ring (bicyclic) bond motifs is 1. The zero-order valence-corrected chi connectivity index (χ0v) is 14.3. The maximum atomic E-state index is 13.0. The first-order valence-corrected chi connectivity index (χ1v) is 9.61. The summed E-state index contributed by atoms with van der Waals surface area (Å²) in [6.07, 6.45) is 2.48. The molecule has 126 valence electrons. The van der Waals surface area contributed by atoms with Crippen LogP contribution in [-0.2, 0) is 19.4 Å². The molecule has 4 atom stereocenters. The molecule has 3 rings (SSSR count). The molecule has 6 heteroatoms. The van der Waals surface area contributed by atoms with Crippen LogP contribution in [0.25, 0.3) is 0 Å². The molecule has 5 nitrogen and oxygen atoms in total. The molecule has 1 aromatic rings. The lowest BCUT2D eigenvalue weighted by atomic mass is 9.74. The number of nitrogens with one attached hydrogen (secondary N) is 1. The van der Waals surface area contributed by atoms with E-state index >= 15 is 0 Å². The number of aryl methyl sites for hydroxylation is 1. The van der Waals surface area contributed by atoms with Crippen molar-refractivity contribution in [3.8, 4) is 0 Å². The monoisotopic (exact) mass is 337 g/mol. The second kappa shape index (κ2) is 6.24. The van der Waals surface area contributed by atoms with Gasteiger partial charge in [-0.05, 0) is 43.7 Å². The minimum Gasteiger partial charge on any atom is -0.469 e. The molecule has 1 saturated carbocycles. The predicted octanol–water partition coefficient (Wildman–Crippen LogP) is 1.90. The van der Waals surface area contributed by atoms with Crippen LogP contribution in [0.3, 0.4) is 0 Å². The van der Waals surface area contributed by atoms with Crippen molar-refractivity contribution in [2.24, 2.45) is 17.8 Å². The van der Waals surface area contributed by atoms with Crippen molar-refractivity contribution in [2.75, 3.05) is 13.7 Å². The number of benzene rings is 1. The number of carbonyl (C=O) groups excluding carboxylic acids is 1. The molecule has 23 heavy (non-hydrogen) atoms. The van der Waals surface area contributed by atoms with Gasteiger partial charge in [-0.1, -0.05) is 24.1 Å². The van der Waals surface area contributed by atoms with Gasteiger partial charge in [0.1, 0.15) is 5.37 Å². The third-order valence-corrected chi connectivity index (χ3v) is 7.36. The van der Waals surface area contributed by atoms with Gasteiger partial charge < -0.3 is 10.1 Å². The molecule has 0 bridgehead atoms. The second-order valence-electron chi connectivity index (χ2n) is 6.58. The van der Waals surface area contributed by atoms with Gasteiger partial charge in [0.15, 0.2) is 9.84 Å². The lowest BCUT2D eigenvalue weighted by molar-refractivity contribution is -0.149. The van der Waals surface area contributed by atoms with Gasteiger partial charge in [0.05, 0.1) is 17.9 Å². The normalized spacial score (nSPS) is 30.7. The van der Waals surface area contributed by atoms with Gasteiger partial charge in [0, 0.05) is 6.54 Å². The molecule has 1 aromatic carbocycles. The molecule has 1 aliphatic heterocycles. The van der Waals surface area contributed by atoms with Crippen LogP contribution in [0.2, 0.25) is 0 Å². The van der Waals surface area contributed by atoms with E-state index < -0.39 is 15.2 Å². The van der Waals surface area contributed by atoms with Gasteiger partial charge in [-0.25, -0.2) is 8.42 Å². The third-order valence-electron chi connectivity index (χ3n) is 5.25. The van der Waals surface area contributed by atoms with E-state index in [1.807, 2.05) is 19.1 Å². The molecule has 0 spiro atoms. The Morgan fingerprint density at radius 1 is 1.17 bits per heavy atom. The fourth-order valence-corrected chi connectivity index (χ4v) is 5.95. The summed E-state index contributed by atoms with van der Waals surface area (Å²) in [5, 5.41) is 2.56. The van der Waals surface area contributed by atoms with E-state index in [4.69, 9.17) is 4.74 Å². The van der Waals surface area contributed by atoms with Crippen LogP contribution < -0.4 is 5.32 Å².